The van der Waals surface area contributed by atoms with Gasteiger partial charge in [0.25, 0.3) is 5.69 Å². The number of rotatable bonds is 8. The van der Waals surface area contributed by atoms with Gasteiger partial charge in [0.05, 0.1) is 16.9 Å². The summed E-state index contributed by atoms with van der Waals surface area (Å²) in [5, 5.41) is 12.6. The molecule has 1 amide bonds. The van der Waals surface area contributed by atoms with Crippen LogP contribution in [0, 0.1) is 10.1 Å². The molecule has 1 atom stereocenters. The van der Waals surface area contributed by atoms with Crippen LogP contribution in [0.1, 0.15) is 48.9 Å². The van der Waals surface area contributed by atoms with Crippen LogP contribution in [0.5, 0.6) is 0 Å². The van der Waals surface area contributed by atoms with Crippen molar-refractivity contribution in [2.45, 2.75) is 32.2 Å². The molecule has 6 nitrogen and oxygen atoms in total. The number of nitro benzene ring substituents is 1. The summed E-state index contributed by atoms with van der Waals surface area (Å²) in [6, 6.07) is 20.8. The standard InChI is InChI=1S/C27H27Cl2N3O3.CH4/c1-30(25(18-31-15-2-3-16-31)21-5-4-6-24(17-21)32(34)35)27(33)26(19-7-11-22(28)12-8-19)20-9-13-23(29)14-10-20;/h4-14,17,25-26H,2-3,15-16,18H2,1H3;1H4/t25-;/m1./s1. The predicted molar refractivity (Wildman–Crippen MR) is 146 cm³/mol. The molecule has 190 valence electrons. The topological polar surface area (TPSA) is 66.7 Å². The number of nitro groups is 1. The number of hydrogen-bond acceptors (Lipinski definition) is 4. The van der Waals surface area contributed by atoms with E-state index >= 15 is 0 Å². The molecule has 1 heterocycles. The third-order valence-electron chi connectivity index (χ3n) is 6.56. The van der Waals surface area contributed by atoms with Gasteiger partial charge in [0.1, 0.15) is 0 Å². The number of amides is 1. The molecule has 0 aliphatic carbocycles. The quantitative estimate of drug-likeness (QED) is 0.234. The Kier molecular flexibility index (Phi) is 9.49. The molecule has 0 radical (unpaired) electrons. The van der Waals surface area contributed by atoms with Gasteiger partial charge >= 0.3 is 0 Å². The van der Waals surface area contributed by atoms with Crippen LogP contribution in [0.4, 0.5) is 5.69 Å². The Bertz CT molecular complexity index is 1130. The Morgan fingerprint density at radius 3 is 1.97 bits per heavy atom. The Morgan fingerprint density at radius 1 is 0.944 bits per heavy atom. The SMILES string of the molecule is C.CN(C(=O)C(c1ccc(Cl)cc1)c1ccc(Cl)cc1)[C@H](CN1CCCC1)c1cccc([N+](=O)[O-])c1. The second-order valence-corrected chi connectivity index (χ2v) is 9.73. The fraction of sp³-hybridized carbons (Fsp3) is 0.321. The zero-order valence-electron chi connectivity index (χ0n) is 19.4. The van der Waals surface area contributed by atoms with Gasteiger partial charge < -0.3 is 9.80 Å². The summed E-state index contributed by atoms with van der Waals surface area (Å²) in [5.41, 5.74) is 2.38. The van der Waals surface area contributed by atoms with E-state index in [9.17, 15) is 14.9 Å². The van der Waals surface area contributed by atoms with Crippen LogP contribution in [-0.4, -0.2) is 47.3 Å². The highest BCUT2D eigenvalue weighted by molar-refractivity contribution is 6.30. The number of likely N-dealkylation sites (N-methyl/N-ethyl adjacent to an activating group) is 1. The second-order valence-electron chi connectivity index (χ2n) is 8.86. The Morgan fingerprint density at radius 2 is 1.47 bits per heavy atom. The van der Waals surface area contributed by atoms with Gasteiger partial charge in [-0.05, 0) is 66.9 Å². The van der Waals surface area contributed by atoms with E-state index in [0.717, 1.165) is 42.6 Å². The van der Waals surface area contributed by atoms with E-state index in [1.54, 1.807) is 48.3 Å². The van der Waals surface area contributed by atoms with Crippen molar-refractivity contribution in [1.82, 2.24) is 9.80 Å². The molecule has 1 aliphatic rings. The van der Waals surface area contributed by atoms with Crippen LogP contribution in [0.2, 0.25) is 10.0 Å². The van der Waals surface area contributed by atoms with Crippen LogP contribution in [-0.2, 0) is 4.79 Å². The van der Waals surface area contributed by atoms with Gasteiger partial charge in [0.15, 0.2) is 0 Å². The molecule has 0 N–H and O–H groups in total. The van der Waals surface area contributed by atoms with E-state index in [4.69, 9.17) is 23.2 Å². The number of carbonyl (C=O) groups is 1. The molecule has 1 fully saturated rings. The minimum atomic E-state index is -0.575. The first-order chi connectivity index (χ1) is 16.8. The van der Waals surface area contributed by atoms with E-state index in [2.05, 4.69) is 4.90 Å². The normalized spacial score (nSPS) is 14.3. The number of likely N-dealkylation sites (tertiary alicyclic amines) is 1. The molecule has 8 heteroatoms. The molecule has 0 aromatic heterocycles. The highest BCUT2D eigenvalue weighted by Crippen LogP contribution is 2.33. The van der Waals surface area contributed by atoms with Crippen LogP contribution in [0.3, 0.4) is 0 Å². The molecule has 0 saturated carbocycles. The van der Waals surface area contributed by atoms with Gasteiger partial charge in [0, 0.05) is 35.8 Å². The lowest BCUT2D eigenvalue weighted by Gasteiger charge is -2.34. The van der Waals surface area contributed by atoms with Gasteiger partial charge in [-0.25, -0.2) is 0 Å². The maximum absolute atomic E-state index is 14.1. The number of non-ortho nitro benzene ring substituents is 1. The van der Waals surface area contributed by atoms with Gasteiger partial charge in [-0.1, -0.05) is 67.0 Å². The summed E-state index contributed by atoms with van der Waals surface area (Å²) in [7, 11) is 1.78. The predicted octanol–water partition coefficient (Wildman–Crippen LogP) is 6.97. The molecule has 3 aromatic rings. The van der Waals surface area contributed by atoms with Gasteiger partial charge in [-0.15, -0.1) is 0 Å². The highest BCUT2D eigenvalue weighted by Gasteiger charge is 2.32. The summed E-state index contributed by atoms with van der Waals surface area (Å²) in [5.74, 6) is -0.681. The van der Waals surface area contributed by atoms with Crippen molar-refractivity contribution in [2.24, 2.45) is 0 Å². The van der Waals surface area contributed by atoms with Crippen molar-refractivity contribution in [2.75, 3.05) is 26.7 Å². The van der Waals surface area contributed by atoms with Gasteiger partial charge in [-0.2, -0.15) is 0 Å². The van der Waals surface area contributed by atoms with Crippen molar-refractivity contribution in [3.05, 3.63) is 110 Å². The zero-order chi connectivity index (χ0) is 24.9. The van der Waals surface area contributed by atoms with Crippen LogP contribution >= 0.6 is 23.2 Å². The Labute approximate surface area is 222 Å². The lowest BCUT2D eigenvalue weighted by atomic mass is 9.89. The third kappa shape index (κ3) is 6.44. The van der Waals surface area contributed by atoms with Crippen molar-refractivity contribution in [3.63, 3.8) is 0 Å². The summed E-state index contributed by atoms with van der Waals surface area (Å²) in [6.07, 6.45) is 2.22. The van der Waals surface area contributed by atoms with E-state index < -0.39 is 10.8 Å². The van der Waals surface area contributed by atoms with Crippen LogP contribution in [0.25, 0.3) is 0 Å². The second kappa shape index (κ2) is 12.3. The smallest absolute Gasteiger partial charge is 0.269 e. The first-order valence-electron chi connectivity index (χ1n) is 11.6. The van der Waals surface area contributed by atoms with Crippen molar-refractivity contribution < 1.29 is 9.72 Å². The maximum atomic E-state index is 14.1. The highest BCUT2D eigenvalue weighted by atomic mass is 35.5. The van der Waals surface area contributed by atoms with Crippen molar-refractivity contribution in [3.8, 4) is 0 Å². The number of halogens is 2. The summed E-state index contributed by atoms with van der Waals surface area (Å²) < 4.78 is 0. The molecule has 3 aromatic carbocycles. The third-order valence-corrected chi connectivity index (χ3v) is 7.07. The number of hydrogen-bond donors (Lipinski definition) is 0. The average Bonchev–Trinajstić information content (AvgIpc) is 3.38. The lowest BCUT2D eigenvalue weighted by molar-refractivity contribution is -0.385. The maximum Gasteiger partial charge on any atom is 0.269 e. The summed E-state index contributed by atoms with van der Waals surface area (Å²) in [4.78, 5) is 29.2. The van der Waals surface area contributed by atoms with E-state index in [1.807, 2.05) is 30.3 Å². The van der Waals surface area contributed by atoms with Crippen LogP contribution < -0.4 is 0 Å². The molecule has 36 heavy (non-hydrogen) atoms. The first-order valence-corrected chi connectivity index (χ1v) is 12.3. The van der Waals surface area contributed by atoms with E-state index in [1.165, 1.54) is 6.07 Å². The van der Waals surface area contributed by atoms with Crippen LogP contribution in [0.15, 0.2) is 72.8 Å². The molecule has 0 unspecified atom stereocenters. The fourth-order valence-electron chi connectivity index (χ4n) is 4.65. The van der Waals surface area contributed by atoms with Crippen molar-refractivity contribution >= 4 is 34.8 Å². The molecular formula is C28H31Cl2N3O3. The number of carbonyl (C=O) groups excluding carboxylic acids is 1. The fourth-order valence-corrected chi connectivity index (χ4v) is 4.90. The Balaban J connectivity index is 0.00000361. The molecule has 1 saturated heterocycles. The monoisotopic (exact) mass is 527 g/mol. The Hall–Kier alpha value is -2.93. The zero-order valence-corrected chi connectivity index (χ0v) is 21.0. The van der Waals surface area contributed by atoms with Gasteiger partial charge in [0.2, 0.25) is 5.91 Å². The largest absolute Gasteiger partial charge is 0.337 e. The molecule has 0 spiro atoms. The first kappa shape index (κ1) is 27.7. The molecule has 1 aliphatic heterocycles. The minimum Gasteiger partial charge on any atom is -0.337 e. The summed E-state index contributed by atoms with van der Waals surface area (Å²) in [6.45, 7) is 2.51. The van der Waals surface area contributed by atoms with E-state index in [0.29, 0.717) is 16.6 Å². The number of nitrogens with zero attached hydrogens (tertiary/aromatic N) is 3. The van der Waals surface area contributed by atoms with Crippen molar-refractivity contribution in [1.29, 1.82) is 0 Å². The molecular weight excluding hydrogens is 497 g/mol. The average molecular weight is 528 g/mol. The van der Waals surface area contributed by atoms with E-state index in [-0.39, 0.29) is 25.1 Å². The lowest BCUT2D eigenvalue weighted by Crippen LogP contribution is -2.41. The molecule has 0 bridgehead atoms. The number of benzene rings is 3. The van der Waals surface area contributed by atoms with Gasteiger partial charge in [-0.3, -0.25) is 14.9 Å². The molecule has 4 rings (SSSR count). The summed E-state index contributed by atoms with van der Waals surface area (Å²) >= 11 is 12.2. The minimum absolute atomic E-state index is 0.